The van der Waals surface area contributed by atoms with E-state index in [1.54, 1.807) is 35.7 Å². The van der Waals surface area contributed by atoms with Crippen molar-refractivity contribution in [3.63, 3.8) is 0 Å². The van der Waals surface area contributed by atoms with Crippen LogP contribution in [-0.4, -0.2) is 101 Å². The number of ether oxygens (including phenoxy) is 2. The van der Waals surface area contributed by atoms with Crippen molar-refractivity contribution in [1.82, 2.24) is 30.8 Å². The lowest BCUT2D eigenvalue weighted by Gasteiger charge is -2.35. The number of carbonyl (C=O) groups excluding carboxylic acids is 4. The molecule has 4 amide bonds. The van der Waals surface area contributed by atoms with Crippen LogP contribution in [0.2, 0.25) is 0 Å². The number of β-amino-alcohol motifs (C(OH)–C–C–N with tert-alkyl or cyclic N) is 1. The molecule has 4 atom stereocenters. The first kappa shape index (κ1) is 38.6. The Morgan fingerprint density at radius 1 is 1.00 bits per heavy atom. The third-order valence-corrected chi connectivity index (χ3v) is 9.31. The summed E-state index contributed by atoms with van der Waals surface area (Å²) >= 11 is 1.57. The molecule has 270 valence electrons. The quantitative estimate of drug-likeness (QED) is 0.163. The first-order valence-electron chi connectivity index (χ1n) is 16.8. The van der Waals surface area contributed by atoms with E-state index in [0.29, 0.717) is 18.8 Å². The lowest BCUT2D eigenvalue weighted by Crippen LogP contribution is -2.58. The third kappa shape index (κ3) is 10.9. The van der Waals surface area contributed by atoms with Crippen LogP contribution in [-0.2, 0) is 23.9 Å². The van der Waals surface area contributed by atoms with E-state index in [4.69, 9.17) is 9.47 Å². The Morgan fingerprint density at radius 3 is 2.36 bits per heavy atom. The molecule has 3 heterocycles. The highest BCUT2D eigenvalue weighted by molar-refractivity contribution is 7.13. The molecule has 0 unspecified atom stereocenters. The Kier molecular flexibility index (Phi) is 14.0. The number of nitrogens with zero attached hydrogens (tertiary/aromatic N) is 3. The average molecular weight is 709 g/mol. The van der Waals surface area contributed by atoms with Gasteiger partial charge in [0, 0.05) is 32.1 Å². The molecule has 2 aromatic heterocycles. The average Bonchev–Trinajstić information content (AvgIpc) is 3.71. The van der Waals surface area contributed by atoms with Crippen LogP contribution in [0.4, 0.5) is 0 Å². The van der Waals surface area contributed by atoms with Gasteiger partial charge in [-0.15, -0.1) is 11.3 Å². The Hall–Kier alpha value is -4.24. The second-order valence-electron chi connectivity index (χ2n) is 13.3. The van der Waals surface area contributed by atoms with Crippen LogP contribution >= 0.6 is 11.3 Å². The van der Waals surface area contributed by atoms with Crippen LogP contribution in [0.25, 0.3) is 10.4 Å². The number of likely N-dealkylation sites (tertiary alicyclic amines) is 1. The summed E-state index contributed by atoms with van der Waals surface area (Å²) in [6.45, 7) is 10.6. The maximum absolute atomic E-state index is 13.9. The number of hydrogen-bond donors (Lipinski definition) is 4. The molecule has 0 aliphatic carbocycles. The number of rotatable bonds is 16. The van der Waals surface area contributed by atoms with Gasteiger partial charge in [0.25, 0.3) is 5.91 Å². The van der Waals surface area contributed by atoms with Crippen LogP contribution in [0.5, 0.6) is 0 Å². The molecule has 1 aliphatic heterocycles. The second kappa shape index (κ2) is 18.1. The van der Waals surface area contributed by atoms with E-state index in [1.165, 1.54) is 4.90 Å². The zero-order chi connectivity index (χ0) is 36.3. The normalized spacial score (nSPS) is 17.2. The number of amides is 4. The van der Waals surface area contributed by atoms with E-state index in [-0.39, 0.29) is 63.0 Å². The van der Waals surface area contributed by atoms with Gasteiger partial charge in [-0.25, -0.2) is 4.98 Å². The zero-order valence-electron chi connectivity index (χ0n) is 29.3. The SMILES string of the molecule is Cc1ncsc1-c1ccc([C@H](C)NC(=O)[C@@H]2C[C@@H](O)CN2C(=O)[C@H](NC(=O)CCOCCOCCNC(=O)c2ccccn2)C(C)(C)C)cc1. The second-order valence-corrected chi connectivity index (χ2v) is 14.2. The zero-order valence-corrected chi connectivity index (χ0v) is 30.1. The first-order valence-corrected chi connectivity index (χ1v) is 17.7. The molecule has 1 aliphatic rings. The molecular weight excluding hydrogens is 660 g/mol. The number of nitrogens with one attached hydrogen (secondary N) is 3. The van der Waals surface area contributed by atoms with E-state index < -0.39 is 29.5 Å². The first-order chi connectivity index (χ1) is 23.8. The maximum atomic E-state index is 13.9. The minimum Gasteiger partial charge on any atom is -0.391 e. The van der Waals surface area contributed by atoms with Crippen LogP contribution in [0.15, 0.2) is 54.2 Å². The van der Waals surface area contributed by atoms with Crippen molar-refractivity contribution in [1.29, 1.82) is 0 Å². The summed E-state index contributed by atoms with van der Waals surface area (Å²) in [5.74, 6) is -1.44. The summed E-state index contributed by atoms with van der Waals surface area (Å²) in [6, 6.07) is 10.9. The van der Waals surface area contributed by atoms with Crippen molar-refractivity contribution in [3.8, 4) is 10.4 Å². The minimum absolute atomic E-state index is 0.00736. The molecule has 1 aromatic carbocycles. The van der Waals surface area contributed by atoms with Crippen molar-refractivity contribution in [2.75, 3.05) is 39.5 Å². The summed E-state index contributed by atoms with van der Waals surface area (Å²) in [4.78, 5) is 63.0. The van der Waals surface area contributed by atoms with Gasteiger partial charge in [-0.05, 0) is 42.5 Å². The molecule has 1 fully saturated rings. The summed E-state index contributed by atoms with van der Waals surface area (Å²) in [7, 11) is 0. The van der Waals surface area contributed by atoms with Gasteiger partial charge in [-0.1, -0.05) is 51.1 Å². The molecule has 0 saturated carbocycles. The molecule has 3 aromatic rings. The molecular formula is C36H48N6O7S. The van der Waals surface area contributed by atoms with E-state index >= 15 is 0 Å². The van der Waals surface area contributed by atoms with Crippen molar-refractivity contribution in [2.24, 2.45) is 5.41 Å². The number of aliphatic hydroxyl groups is 1. The Labute approximate surface area is 297 Å². The van der Waals surface area contributed by atoms with Gasteiger partial charge in [0.15, 0.2) is 0 Å². The van der Waals surface area contributed by atoms with Gasteiger partial charge < -0.3 is 35.4 Å². The number of thiazole rings is 1. The number of benzene rings is 1. The number of aryl methyl sites for hydroxylation is 1. The van der Waals surface area contributed by atoms with Gasteiger partial charge in [0.2, 0.25) is 17.7 Å². The van der Waals surface area contributed by atoms with Gasteiger partial charge in [0.1, 0.15) is 17.8 Å². The van der Waals surface area contributed by atoms with Gasteiger partial charge in [-0.3, -0.25) is 24.2 Å². The molecule has 14 heteroatoms. The van der Waals surface area contributed by atoms with E-state index in [1.807, 2.05) is 64.4 Å². The third-order valence-electron chi connectivity index (χ3n) is 8.34. The van der Waals surface area contributed by atoms with Crippen LogP contribution in [0, 0.1) is 12.3 Å². The number of aromatic nitrogens is 2. The fourth-order valence-electron chi connectivity index (χ4n) is 5.56. The van der Waals surface area contributed by atoms with E-state index in [0.717, 1.165) is 21.7 Å². The molecule has 1 saturated heterocycles. The summed E-state index contributed by atoms with van der Waals surface area (Å²) in [5.41, 5.74) is 4.39. The van der Waals surface area contributed by atoms with Gasteiger partial charge >= 0.3 is 0 Å². The number of pyridine rings is 1. The number of aliphatic hydroxyl groups excluding tert-OH is 1. The molecule has 0 bridgehead atoms. The minimum atomic E-state index is -0.930. The molecule has 13 nitrogen and oxygen atoms in total. The lowest BCUT2D eigenvalue weighted by molar-refractivity contribution is -0.144. The van der Waals surface area contributed by atoms with Crippen LogP contribution in [0.1, 0.15) is 68.3 Å². The van der Waals surface area contributed by atoms with E-state index in [9.17, 15) is 24.3 Å². The Morgan fingerprint density at radius 2 is 1.72 bits per heavy atom. The van der Waals surface area contributed by atoms with Crippen LogP contribution < -0.4 is 16.0 Å². The van der Waals surface area contributed by atoms with Crippen molar-refractivity contribution >= 4 is 35.0 Å². The van der Waals surface area contributed by atoms with Gasteiger partial charge in [0.05, 0.1) is 54.7 Å². The topological polar surface area (TPSA) is 172 Å². The van der Waals surface area contributed by atoms with Crippen molar-refractivity contribution in [3.05, 3.63) is 71.1 Å². The highest BCUT2D eigenvalue weighted by Crippen LogP contribution is 2.29. The fourth-order valence-corrected chi connectivity index (χ4v) is 6.37. The molecule has 4 N–H and O–H groups in total. The fraction of sp³-hybridized carbons (Fsp3) is 0.500. The van der Waals surface area contributed by atoms with Crippen LogP contribution in [0.3, 0.4) is 0 Å². The predicted octanol–water partition coefficient (Wildman–Crippen LogP) is 3.04. The predicted molar refractivity (Wildman–Crippen MR) is 189 cm³/mol. The standard InChI is InChI=1S/C36H48N6O7S/c1-23(25-9-11-26(12-10-25)31-24(2)39-22-50-31)40-34(46)29-20-27(43)21-42(29)35(47)32(36(3,4)5)41-30(44)13-16-48-18-19-49-17-15-38-33(45)28-8-6-7-14-37-28/h6-12,14,22-23,27,29,32,43H,13,15-21H2,1-5H3,(H,38,45)(H,40,46)(H,41,44)/t23-,27+,29-,32-/m0/s1. The summed E-state index contributed by atoms with van der Waals surface area (Å²) < 4.78 is 11.0. The van der Waals surface area contributed by atoms with E-state index in [2.05, 4.69) is 25.9 Å². The summed E-state index contributed by atoms with van der Waals surface area (Å²) in [5, 5.41) is 19.1. The molecule has 0 spiro atoms. The molecule has 50 heavy (non-hydrogen) atoms. The van der Waals surface area contributed by atoms with Crippen molar-refractivity contribution in [2.45, 2.75) is 71.7 Å². The maximum Gasteiger partial charge on any atom is 0.269 e. The largest absolute Gasteiger partial charge is 0.391 e. The number of hydrogen-bond acceptors (Lipinski definition) is 10. The highest BCUT2D eigenvalue weighted by Gasteiger charge is 2.44. The Balaban J connectivity index is 1.22. The Bertz CT molecular complexity index is 1580. The smallest absolute Gasteiger partial charge is 0.269 e. The highest BCUT2D eigenvalue weighted by atomic mass is 32.1. The molecule has 0 radical (unpaired) electrons. The summed E-state index contributed by atoms with van der Waals surface area (Å²) in [6.07, 6.45) is 0.807. The van der Waals surface area contributed by atoms with Crippen molar-refractivity contribution < 1.29 is 33.8 Å². The van der Waals surface area contributed by atoms with Gasteiger partial charge in [-0.2, -0.15) is 0 Å². The number of carbonyl (C=O) groups is 4. The monoisotopic (exact) mass is 708 g/mol. The molecule has 4 rings (SSSR count). The lowest BCUT2D eigenvalue weighted by atomic mass is 9.85.